The van der Waals surface area contributed by atoms with Crippen LogP contribution in [0.5, 0.6) is 11.5 Å². The molecule has 0 radical (unpaired) electrons. The van der Waals surface area contributed by atoms with Crippen LogP contribution in [0.2, 0.25) is 5.02 Å². The molecule has 4 aromatic rings. The van der Waals surface area contributed by atoms with Crippen molar-refractivity contribution in [1.29, 1.82) is 0 Å². The van der Waals surface area contributed by atoms with Crippen molar-refractivity contribution in [2.75, 3.05) is 0 Å². The molecular formula is C24H22ClN5O4. The molecule has 0 aliphatic rings. The van der Waals surface area contributed by atoms with Crippen LogP contribution in [0, 0.1) is 0 Å². The average molecular weight is 480 g/mol. The summed E-state index contributed by atoms with van der Waals surface area (Å²) >= 11 is 5.97. The summed E-state index contributed by atoms with van der Waals surface area (Å²) in [4.78, 5) is 36.6. The lowest BCUT2D eigenvalue weighted by molar-refractivity contribution is 0.276. The zero-order valence-corrected chi connectivity index (χ0v) is 19.1. The predicted molar refractivity (Wildman–Crippen MR) is 127 cm³/mol. The normalized spacial score (nSPS) is 11.6. The highest BCUT2D eigenvalue weighted by atomic mass is 35.5. The minimum Gasteiger partial charge on any atom is -0.457 e. The Balaban J connectivity index is 1.69. The van der Waals surface area contributed by atoms with Crippen molar-refractivity contribution in [3.05, 3.63) is 110 Å². The van der Waals surface area contributed by atoms with E-state index in [-0.39, 0.29) is 25.3 Å². The van der Waals surface area contributed by atoms with Crippen LogP contribution >= 0.6 is 11.6 Å². The van der Waals surface area contributed by atoms with E-state index in [1.54, 1.807) is 61.7 Å². The number of nitrogens with one attached hydrogen (secondary N) is 1. The summed E-state index contributed by atoms with van der Waals surface area (Å²) in [6.07, 6.45) is 1.55. The maximum Gasteiger partial charge on any atom is 0.335 e. The number of pyridine rings is 1. The van der Waals surface area contributed by atoms with E-state index in [0.717, 1.165) is 10.1 Å². The Hall–Kier alpha value is -3.95. The van der Waals surface area contributed by atoms with Gasteiger partial charge in [-0.1, -0.05) is 23.7 Å². The van der Waals surface area contributed by atoms with Crippen molar-refractivity contribution in [2.45, 2.75) is 26.6 Å². The van der Waals surface area contributed by atoms with E-state index in [0.29, 0.717) is 27.9 Å². The van der Waals surface area contributed by atoms with E-state index >= 15 is 0 Å². The van der Waals surface area contributed by atoms with Crippen molar-refractivity contribution in [1.82, 2.24) is 19.1 Å². The van der Waals surface area contributed by atoms with Gasteiger partial charge in [0, 0.05) is 23.8 Å². The largest absolute Gasteiger partial charge is 0.457 e. The highest BCUT2D eigenvalue weighted by molar-refractivity contribution is 6.30. The third kappa shape index (κ3) is 5.33. The standard InChI is InChI=1S/C24H22ClN5O4/c1-2-29-23(32)28-22(30(24(29)33)14-16-3-5-17(25)6-4-16)27-18-7-9-20(10-8-18)34-21-11-12-26-19(13-21)15-31/h3-13,31H,2,14-15H2,1H3,(H,27,28,32). The van der Waals surface area contributed by atoms with Crippen molar-refractivity contribution < 1.29 is 9.84 Å². The summed E-state index contributed by atoms with van der Waals surface area (Å²) in [6, 6.07) is 17.3. The van der Waals surface area contributed by atoms with Crippen LogP contribution in [0.4, 0.5) is 5.69 Å². The second-order valence-corrected chi connectivity index (χ2v) is 7.78. The van der Waals surface area contributed by atoms with Gasteiger partial charge >= 0.3 is 11.4 Å². The number of ether oxygens (including phenoxy) is 1. The molecule has 2 heterocycles. The third-order valence-electron chi connectivity index (χ3n) is 5.01. The predicted octanol–water partition coefficient (Wildman–Crippen LogP) is 2.97. The molecule has 0 spiro atoms. The number of benzene rings is 2. The minimum atomic E-state index is -0.532. The first-order valence-electron chi connectivity index (χ1n) is 10.5. The van der Waals surface area contributed by atoms with Gasteiger partial charge in [-0.05, 0) is 55.0 Å². The number of aliphatic hydroxyl groups is 1. The number of aromatic nitrogens is 4. The first-order chi connectivity index (χ1) is 16.5. The van der Waals surface area contributed by atoms with E-state index in [2.05, 4.69) is 15.0 Å². The molecule has 0 bridgehead atoms. The number of aliphatic hydroxyl groups excluding tert-OH is 1. The van der Waals surface area contributed by atoms with Crippen LogP contribution in [-0.2, 0) is 19.7 Å². The van der Waals surface area contributed by atoms with Crippen molar-refractivity contribution in [3.8, 4) is 11.5 Å². The zero-order valence-electron chi connectivity index (χ0n) is 18.3. The lowest BCUT2D eigenvalue weighted by Gasteiger charge is -2.10. The van der Waals surface area contributed by atoms with Crippen LogP contribution in [0.15, 0.2) is 81.4 Å². The summed E-state index contributed by atoms with van der Waals surface area (Å²) in [5.74, 6) is 1.09. The first kappa shape index (κ1) is 23.2. The Morgan fingerprint density at radius 3 is 2.44 bits per heavy atom. The molecule has 0 aliphatic carbocycles. The molecule has 0 saturated heterocycles. The summed E-state index contributed by atoms with van der Waals surface area (Å²) in [7, 11) is 0. The van der Waals surface area contributed by atoms with Crippen molar-refractivity contribution in [3.63, 3.8) is 0 Å². The van der Waals surface area contributed by atoms with E-state index in [4.69, 9.17) is 16.3 Å². The molecule has 0 amide bonds. The number of nitrogens with zero attached hydrogens (tertiary/aromatic N) is 4. The Bertz CT molecular complexity index is 1470. The van der Waals surface area contributed by atoms with Crippen LogP contribution in [-0.4, -0.2) is 24.2 Å². The number of halogens is 1. The van der Waals surface area contributed by atoms with Gasteiger partial charge in [-0.2, -0.15) is 0 Å². The van der Waals surface area contributed by atoms with Crippen LogP contribution in [0.1, 0.15) is 18.2 Å². The highest BCUT2D eigenvalue weighted by Gasteiger charge is 2.09. The number of rotatable bonds is 7. The summed E-state index contributed by atoms with van der Waals surface area (Å²) in [5.41, 5.74) is 0.992. The maximum absolute atomic E-state index is 13.0. The van der Waals surface area contributed by atoms with E-state index in [1.807, 2.05) is 12.1 Å². The molecule has 0 atom stereocenters. The molecular weight excluding hydrogens is 458 g/mol. The molecule has 174 valence electrons. The first-order valence-corrected chi connectivity index (χ1v) is 10.9. The smallest absolute Gasteiger partial charge is 0.335 e. The molecule has 2 N–H and O–H groups in total. The zero-order chi connectivity index (χ0) is 24.1. The Kier molecular flexibility index (Phi) is 7.05. The van der Waals surface area contributed by atoms with Gasteiger partial charge < -0.3 is 9.84 Å². The summed E-state index contributed by atoms with van der Waals surface area (Å²) < 4.78 is 8.31. The van der Waals surface area contributed by atoms with Gasteiger partial charge in [0.1, 0.15) is 11.5 Å². The molecule has 0 fully saturated rings. The highest BCUT2D eigenvalue weighted by Crippen LogP contribution is 2.24. The SMILES string of the molecule is CCn1c(=O)[nH]/c(=N\c2ccc(Oc3ccnc(CO)c3)cc2)n(Cc2ccc(Cl)cc2)c1=O. The van der Waals surface area contributed by atoms with Gasteiger partial charge in [0.2, 0.25) is 5.62 Å². The Labute approximate surface area is 199 Å². The fourth-order valence-electron chi connectivity index (χ4n) is 3.29. The van der Waals surface area contributed by atoms with Gasteiger partial charge in [-0.25, -0.2) is 19.1 Å². The number of H-pyrrole nitrogens is 1. The molecule has 4 rings (SSSR count). The molecule has 0 aliphatic heterocycles. The number of hydrogen-bond acceptors (Lipinski definition) is 6. The van der Waals surface area contributed by atoms with Crippen LogP contribution in [0.3, 0.4) is 0 Å². The maximum atomic E-state index is 13.0. The quantitative estimate of drug-likeness (QED) is 0.423. The summed E-state index contributed by atoms with van der Waals surface area (Å²) in [6.45, 7) is 1.99. The van der Waals surface area contributed by atoms with Gasteiger partial charge in [0.05, 0.1) is 24.5 Å². The van der Waals surface area contributed by atoms with E-state index < -0.39 is 11.4 Å². The van der Waals surface area contributed by atoms with Crippen LogP contribution in [0.25, 0.3) is 0 Å². The Morgan fingerprint density at radius 1 is 1.03 bits per heavy atom. The molecule has 2 aromatic carbocycles. The number of hydrogen-bond donors (Lipinski definition) is 2. The van der Waals surface area contributed by atoms with Gasteiger partial charge in [0.15, 0.2) is 0 Å². The van der Waals surface area contributed by atoms with E-state index in [9.17, 15) is 14.7 Å². The molecule has 10 heteroatoms. The monoisotopic (exact) mass is 479 g/mol. The van der Waals surface area contributed by atoms with Crippen LogP contribution < -0.4 is 21.7 Å². The molecule has 0 saturated carbocycles. The van der Waals surface area contributed by atoms with Crippen molar-refractivity contribution >= 4 is 17.3 Å². The topological polar surface area (TPSA) is 114 Å². The second kappa shape index (κ2) is 10.3. The summed E-state index contributed by atoms with van der Waals surface area (Å²) in [5, 5.41) is 9.81. The fourth-order valence-corrected chi connectivity index (χ4v) is 3.41. The molecule has 9 nitrogen and oxygen atoms in total. The molecule has 0 unspecified atom stereocenters. The average Bonchev–Trinajstić information content (AvgIpc) is 2.84. The van der Waals surface area contributed by atoms with E-state index in [1.165, 1.54) is 4.57 Å². The molecule has 2 aromatic heterocycles. The van der Waals surface area contributed by atoms with Gasteiger partial charge in [-0.3, -0.25) is 14.5 Å². The van der Waals surface area contributed by atoms with Crippen molar-refractivity contribution in [2.24, 2.45) is 4.99 Å². The Morgan fingerprint density at radius 2 is 1.76 bits per heavy atom. The lowest BCUT2D eigenvalue weighted by Crippen LogP contribution is -2.49. The second-order valence-electron chi connectivity index (χ2n) is 7.34. The number of aromatic amines is 1. The lowest BCUT2D eigenvalue weighted by atomic mass is 10.2. The van der Waals surface area contributed by atoms with Gasteiger partial charge in [-0.15, -0.1) is 0 Å². The fraction of sp³-hybridized carbons (Fsp3) is 0.167. The third-order valence-corrected chi connectivity index (χ3v) is 5.26. The molecule has 34 heavy (non-hydrogen) atoms. The minimum absolute atomic E-state index is 0.130. The van der Waals surface area contributed by atoms with Gasteiger partial charge in [0.25, 0.3) is 0 Å².